The number of benzene rings is 1. The van der Waals surface area contributed by atoms with E-state index in [1.165, 1.54) is 11.3 Å². The second-order valence-corrected chi connectivity index (χ2v) is 7.72. The topological polar surface area (TPSA) is 61.4 Å². The Morgan fingerprint density at radius 2 is 1.96 bits per heavy atom. The largest absolute Gasteiger partial charge is 0.326 e. The number of rotatable bonds is 4. The minimum Gasteiger partial charge on any atom is -0.326 e. The molecule has 5 nitrogen and oxygen atoms in total. The average molecular weight is 376 g/mol. The van der Waals surface area contributed by atoms with Crippen molar-refractivity contribution in [2.45, 2.75) is 17.7 Å². The van der Waals surface area contributed by atoms with E-state index in [1.54, 1.807) is 16.7 Å². The zero-order valence-electron chi connectivity index (χ0n) is 14.0. The van der Waals surface area contributed by atoms with Gasteiger partial charge in [-0.05, 0) is 54.8 Å². The molecule has 0 atom stereocenters. The van der Waals surface area contributed by atoms with Crippen LogP contribution in [0, 0.1) is 5.92 Å². The molecule has 7 heteroatoms. The van der Waals surface area contributed by atoms with Gasteiger partial charge in [0.25, 0.3) is 0 Å². The summed E-state index contributed by atoms with van der Waals surface area (Å²) in [5.74, 6) is -0.0136. The van der Waals surface area contributed by atoms with Crippen LogP contribution in [-0.2, 0) is 4.79 Å². The first kappa shape index (κ1) is 17.8. The minimum absolute atomic E-state index is 0.0385. The van der Waals surface area contributed by atoms with Crippen LogP contribution in [0.25, 0.3) is 0 Å². The molecule has 0 unspecified atom stereocenters. The quantitative estimate of drug-likeness (QED) is 0.781. The molecule has 1 aromatic heterocycles. The van der Waals surface area contributed by atoms with E-state index in [9.17, 15) is 9.59 Å². The molecule has 3 rings (SSSR count). The number of thioether (sulfide) groups is 1. The molecule has 0 bridgehead atoms. The number of hydrogen-bond donors (Lipinski definition) is 2. The van der Waals surface area contributed by atoms with E-state index in [2.05, 4.69) is 10.6 Å². The maximum absolute atomic E-state index is 12.5. The van der Waals surface area contributed by atoms with E-state index >= 15 is 0 Å². The van der Waals surface area contributed by atoms with E-state index in [0.717, 1.165) is 15.6 Å². The van der Waals surface area contributed by atoms with Gasteiger partial charge in [-0.2, -0.15) is 0 Å². The lowest BCUT2D eigenvalue weighted by atomic mass is 9.96. The summed E-state index contributed by atoms with van der Waals surface area (Å²) in [6.07, 6.45) is 3.38. The number of anilines is 2. The van der Waals surface area contributed by atoms with Gasteiger partial charge in [0, 0.05) is 29.6 Å². The van der Waals surface area contributed by atoms with Crippen molar-refractivity contribution in [1.82, 2.24) is 4.90 Å². The van der Waals surface area contributed by atoms with Crippen molar-refractivity contribution in [2.24, 2.45) is 5.92 Å². The molecule has 1 saturated heterocycles. The number of urea groups is 1. The molecule has 132 valence electrons. The van der Waals surface area contributed by atoms with Gasteiger partial charge in [0.15, 0.2) is 0 Å². The van der Waals surface area contributed by atoms with Gasteiger partial charge in [-0.15, -0.1) is 23.1 Å². The SMILES string of the molecule is CSc1cccc(NC(=O)C2CCN(C(=O)Nc3cccs3)CC2)c1. The van der Waals surface area contributed by atoms with Gasteiger partial charge in [0.1, 0.15) is 0 Å². The Bertz CT molecular complexity index is 726. The number of piperidine rings is 1. The molecule has 2 heterocycles. The second kappa shape index (κ2) is 8.40. The summed E-state index contributed by atoms with van der Waals surface area (Å²) in [7, 11) is 0. The highest BCUT2D eigenvalue weighted by Gasteiger charge is 2.27. The Balaban J connectivity index is 1.49. The second-order valence-electron chi connectivity index (χ2n) is 5.89. The van der Waals surface area contributed by atoms with Crippen LogP contribution in [0.5, 0.6) is 0 Å². The van der Waals surface area contributed by atoms with Crippen molar-refractivity contribution in [1.29, 1.82) is 0 Å². The highest BCUT2D eigenvalue weighted by atomic mass is 32.2. The number of hydrogen-bond acceptors (Lipinski definition) is 4. The standard InChI is InChI=1S/C18H21N3O2S2/c1-24-15-5-2-4-14(12-15)19-17(22)13-7-9-21(10-8-13)18(23)20-16-6-3-11-25-16/h2-6,11-13H,7-10H2,1H3,(H,19,22)(H,20,23). The molecule has 1 aromatic carbocycles. The van der Waals surface area contributed by atoms with Crippen molar-refractivity contribution in [3.05, 3.63) is 41.8 Å². The van der Waals surface area contributed by atoms with E-state index in [4.69, 9.17) is 0 Å². The van der Waals surface area contributed by atoms with Crippen LogP contribution in [0.4, 0.5) is 15.5 Å². The number of thiophene rings is 1. The van der Waals surface area contributed by atoms with Crippen molar-refractivity contribution < 1.29 is 9.59 Å². The normalized spacial score (nSPS) is 15.0. The van der Waals surface area contributed by atoms with Gasteiger partial charge in [-0.1, -0.05) is 6.07 Å². The van der Waals surface area contributed by atoms with Gasteiger partial charge >= 0.3 is 6.03 Å². The molecule has 0 saturated carbocycles. The highest BCUT2D eigenvalue weighted by Crippen LogP contribution is 2.23. The summed E-state index contributed by atoms with van der Waals surface area (Å²) in [4.78, 5) is 27.6. The number of likely N-dealkylation sites (tertiary alicyclic amines) is 1. The Morgan fingerprint density at radius 1 is 1.16 bits per heavy atom. The Hall–Kier alpha value is -1.99. The van der Waals surface area contributed by atoms with E-state index in [1.807, 2.05) is 48.0 Å². The van der Waals surface area contributed by atoms with Crippen LogP contribution in [0.15, 0.2) is 46.7 Å². The Kier molecular flexibility index (Phi) is 5.99. The summed E-state index contributed by atoms with van der Waals surface area (Å²) in [5.41, 5.74) is 0.828. The van der Waals surface area contributed by atoms with E-state index < -0.39 is 0 Å². The Labute approximate surface area is 155 Å². The molecule has 0 aliphatic carbocycles. The number of nitrogens with zero attached hydrogens (tertiary/aromatic N) is 1. The van der Waals surface area contributed by atoms with Crippen LogP contribution < -0.4 is 10.6 Å². The van der Waals surface area contributed by atoms with Crippen LogP contribution in [0.1, 0.15) is 12.8 Å². The van der Waals surface area contributed by atoms with Crippen LogP contribution in [0.3, 0.4) is 0 Å². The smallest absolute Gasteiger partial charge is 0.322 e. The minimum atomic E-state index is -0.0889. The molecule has 1 fully saturated rings. The lowest BCUT2D eigenvalue weighted by Crippen LogP contribution is -2.43. The Morgan fingerprint density at radius 3 is 2.64 bits per heavy atom. The lowest BCUT2D eigenvalue weighted by Gasteiger charge is -2.31. The van der Waals surface area contributed by atoms with Crippen molar-refractivity contribution in [3.63, 3.8) is 0 Å². The molecular weight excluding hydrogens is 354 g/mol. The molecule has 1 aliphatic rings. The number of nitrogens with one attached hydrogen (secondary N) is 2. The van der Waals surface area contributed by atoms with Crippen LogP contribution >= 0.6 is 23.1 Å². The first-order valence-electron chi connectivity index (χ1n) is 8.20. The lowest BCUT2D eigenvalue weighted by molar-refractivity contribution is -0.121. The fourth-order valence-corrected chi connectivity index (χ4v) is 3.89. The molecule has 25 heavy (non-hydrogen) atoms. The molecule has 0 spiro atoms. The fraction of sp³-hybridized carbons (Fsp3) is 0.333. The van der Waals surface area contributed by atoms with E-state index in [0.29, 0.717) is 25.9 Å². The van der Waals surface area contributed by atoms with Gasteiger partial charge in [-0.3, -0.25) is 10.1 Å². The van der Waals surface area contributed by atoms with Gasteiger partial charge < -0.3 is 10.2 Å². The molecular formula is C18H21N3O2S2. The summed E-state index contributed by atoms with van der Waals surface area (Å²) in [6.45, 7) is 1.19. The highest BCUT2D eigenvalue weighted by molar-refractivity contribution is 7.98. The average Bonchev–Trinajstić information content (AvgIpc) is 3.15. The predicted molar refractivity (Wildman–Crippen MR) is 104 cm³/mol. The van der Waals surface area contributed by atoms with Gasteiger partial charge in [0.05, 0.1) is 5.00 Å². The molecule has 0 radical (unpaired) electrons. The van der Waals surface area contributed by atoms with Gasteiger partial charge in [0.2, 0.25) is 5.91 Å². The van der Waals surface area contributed by atoms with Crippen molar-refractivity contribution >= 4 is 45.7 Å². The van der Waals surface area contributed by atoms with Crippen molar-refractivity contribution in [2.75, 3.05) is 30.0 Å². The third kappa shape index (κ3) is 4.76. The third-order valence-corrected chi connectivity index (χ3v) is 5.75. The number of amides is 3. The molecule has 3 amide bonds. The zero-order valence-corrected chi connectivity index (χ0v) is 15.7. The number of carbonyl (C=O) groups is 2. The van der Waals surface area contributed by atoms with Gasteiger partial charge in [-0.25, -0.2) is 4.79 Å². The maximum Gasteiger partial charge on any atom is 0.322 e. The first-order chi connectivity index (χ1) is 12.2. The summed E-state index contributed by atoms with van der Waals surface area (Å²) >= 11 is 3.15. The summed E-state index contributed by atoms with van der Waals surface area (Å²) in [6, 6.07) is 11.5. The predicted octanol–water partition coefficient (Wildman–Crippen LogP) is 4.35. The maximum atomic E-state index is 12.5. The zero-order chi connectivity index (χ0) is 17.6. The van der Waals surface area contributed by atoms with Crippen LogP contribution in [0.2, 0.25) is 0 Å². The van der Waals surface area contributed by atoms with Crippen LogP contribution in [-0.4, -0.2) is 36.2 Å². The fourth-order valence-electron chi connectivity index (χ4n) is 2.82. The monoisotopic (exact) mass is 375 g/mol. The van der Waals surface area contributed by atoms with E-state index in [-0.39, 0.29) is 17.9 Å². The third-order valence-electron chi connectivity index (χ3n) is 4.24. The summed E-state index contributed by atoms with van der Waals surface area (Å²) < 4.78 is 0. The molecule has 2 aromatic rings. The first-order valence-corrected chi connectivity index (χ1v) is 10.3. The van der Waals surface area contributed by atoms with Crippen molar-refractivity contribution in [3.8, 4) is 0 Å². The number of carbonyl (C=O) groups excluding carboxylic acids is 2. The summed E-state index contributed by atoms with van der Waals surface area (Å²) in [5, 5.41) is 8.66. The molecule has 2 N–H and O–H groups in total. The molecule has 1 aliphatic heterocycles.